The number of aromatic nitrogens is 1. The minimum atomic E-state index is 0.00457. The number of anilines is 1. The zero-order chi connectivity index (χ0) is 18.8. The van der Waals surface area contributed by atoms with E-state index < -0.39 is 0 Å². The van der Waals surface area contributed by atoms with Crippen LogP contribution in [-0.4, -0.2) is 17.6 Å². The van der Waals surface area contributed by atoms with Gasteiger partial charge in [-0.3, -0.25) is 4.79 Å². The molecule has 27 heavy (non-hydrogen) atoms. The average Bonchev–Trinajstić information content (AvgIpc) is 3.03. The van der Waals surface area contributed by atoms with E-state index in [4.69, 9.17) is 9.26 Å². The van der Waals surface area contributed by atoms with Crippen molar-refractivity contribution in [3.8, 4) is 5.75 Å². The molecule has 0 saturated heterocycles. The average molecular weight is 362 g/mol. The lowest BCUT2D eigenvalue weighted by Gasteiger charge is -2.29. The third-order valence-electron chi connectivity index (χ3n) is 5.00. The quantitative estimate of drug-likeness (QED) is 0.687. The molecule has 3 aromatic rings. The number of rotatable bonds is 4. The van der Waals surface area contributed by atoms with Crippen LogP contribution in [0.2, 0.25) is 0 Å². The maximum atomic E-state index is 13.1. The third-order valence-corrected chi connectivity index (χ3v) is 5.00. The highest BCUT2D eigenvalue weighted by Gasteiger charge is 2.23. The van der Waals surface area contributed by atoms with Gasteiger partial charge in [-0.05, 0) is 56.5 Å². The number of para-hydroxylation sites is 1. The van der Waals surface area contributed by atoms with Gasteiger partial charge in [-0.15, -0.1) is 0 Å². The van der Waals surface area contributed by atoms with Crippen LogP contribution in [0, 0.1) is 13.8 Å². The Labute approximate surface area is 158 Å². The zero-order valence-corrected chi connectivity index (χ0v) is 15.6. The van der Waals surface area contributed by atoms with Crippen LogP contribution in [0.4, 0.5) is 5.69 Å². The molecule has 4 rings (SSSR count). The molecule has 5 nitrogen and oxygen atoms in total. The summed E-state index contributed by atoms with van der Waals surface area (Å²) >= 11 is 0. The molecule has 5 heteroatoms. The van der Waals surface area contributed by atoms with Crippen LogP contribution in [0.1, 0.15) is 39.4 Å². The molecule has 2 aromatic carbocycles. The number of aryl methyl sites for hydroxylation is 3. The Bertz CT molecular complexity index is 958. The van der Waals surface area contributed by atoms with E-state index in [2.05, 4.69) is 11.2 Å². The number of carbonyl (C=O) groups is 1. The molecule has 1 amide bonds. The molecule has 1 aromatic heterocycles. The Balaban J connectivity index is 1.53. The smallest absolute Gasteiger partial charge is 0.258 e. The predicted octanol–water partition coefficient (Wildman–Crippen LogP) is 4.46. The van der Waals surface area contributed by atoms with Crippen molar-refractivity contribution in [3.63, 3.8) is 0 Å². The van der Waals surface area contributed by atoms with E-state index in [9.17, 15) is 4.79 Å². The molecule has 0 bridgehead atoms. The van der Waals surface area contributed by atoms with E-state index in [1.54, 1.807) is 6.07 Å². The molecule has 0 N–H and O–H groups in total. The van der Waals surface area contributed by atoms with Crippen LogP contribution in [0.15, 0.2) is 53.1 Å². The van der Waals surface area contributed by atoms with Gasteiger partial charge in [0.1, 0.15) is 18.1 Å². The molecule has 0 spiro atoms. The molecule has 2 heterocycles. The lowest BCUT2D eigenvalue weighted by molar-refractivity contribution is 0.0984. The summed E-state index contributed by atoms with van der Waals surface area (Å²) in [5, 5.41) is 3.94. The van der Waals surface area contributed by atoms with E-state index in [1.165, 1.54) is 5.56 Å². The van der Waals surface area contributed by atoms with Crippen molar-refractivity contribution in [2.45, 2.75) is 33.3 Å². The number of hydrogen-bond donors (Lipinski definition) is 0. The summed E-state index contributed by atoms with van der Waals surface area (Å²) in [5.74, 6) is 1.42. The first-order valence-electron chi connectivity index (χ1n) is 9.18. The van der Waals surface area contributed by atoms with Gasteiger partial charge < -0.3 is 14.2 Å². The van der Waals surface area contributed by atoms with Crippen LogP contribution in [-0.2, 0) is 13.0 Å². The number of amides is 1. The van der Waals surface area contributed by atoms with E-state index >= 15 is 0 Å². The Morgan fingerprint density at radius 2 is 2.04 bits per heavy atom. The van der Waals surface area contributed by atoms with Gasteiger partial charge >= 0.3 is 0 Å². The Kier molecular flexibility index (Phi) is 4.67. The van der Waals surface area contributed by atoms with Gasteiger partial charge in [0.05, 0.1) is 11.3 Å². The first-order chi connectivity index (χ1) is 13.1. The normalized spacial score (nSPS) is 13.3. The number of carbonyl (C=O) groups excluding carboxylic acids is 1. The van der Waals surface area contributed by atoms with Crippen LogP contribution in [0.5, 0.6) is 5.75 Å². The molecule has 1 aliphatic heterocycles. The monoisotopic (exact) mass is 362 g/mol. The summed E-state index contributed by atoms with van der Waals surface area (Å²) in [7, 11) is 0. The minimum absolute atomic E-state index is 0.00457. The van der Waals surface area contributed by atoms with Crippen LogP contribution < -0.4 is 9.64 Å². The molecule has 0 unspecified atom stereocenters. The largest absolute Gasteiger partial charge is 0.489 e. The number of benzene rings is 2. The van der Waals surface area contributed by atoms with Gasteiger partial charge in [0.15, 0.2) is 0 Å². The second-order valence-corrected chi connectivity index (χ2v) is 6.81. The summed E-state index contributed by atoms with van der Waals surface area (Å²) in [4.78, 5) is 15.0. The van der Waals surface area contributed by atoms with Crippen molar-refractivity contribution in [1.82, 2.24) is 5.16 Å². The van der Waals surface area contributed by atoms with Crippen molar-refractivity contribution in [2.24, 2.45) is 0 Å². The molecule has 0 saturated carbocycles. The van der Waals surface area contributed by atoms with Crippen LogP contribution in [0.3, 0.4) is 0 Å². The maximum Gasteiger partial charge on any atom is 0.258 e. The second kappa shape index (κ2) is 7.27. The summed E-state index contributed by atoms with van der Waals surface area (Å²) in [5.41, 5.74) is 4.63. The number of ether oxygens (including phenoxy) is 1. The van der Waals surface area contributed by atoms with Crippen molar-refractivity contribution in [1.29, 1.82) is 0 Å². The molecular formula is C22H22N2O3. The van der Waals surface area contributed by atoms with Crippen molar-refractivity contribution < 1.29 is 14.1 Å². The summed E-state index contributed by atoms with van der Waals surface area (Å²) < 4.78 is 11.1. The van der Waals surface area contributed by atoms with Crippen LogP contribution in [0.25, 0.3) is 0 Å². The van der Waals surface area contributed by atoms with Crippen molar-refractivity contribution >= 4 is 11.6 Å². The zero-order valence-electron chi connectivity index (χ0n) is 15.6. The van der Waals surface area contributed by atoms with Gasteiger partial charge in [-0.2, -0.15) is 0 Å². The van der Waals surface area contributed by atoms with E-state index in [0.717, 1.165) is 42.1 Å². The molecule has 0 fully saturated rings. The van der Waals surface area contributed by atoms with Gasteiger partial charge in [-0.25, -0.2) is 0 Å². The minimum Gasteiger partial charge on any atom is -0.489 e. The molecule has 0 aliphatic carbocycles. The standard InChI is InChI=1S/C22H22N2O3/c1-15-20(16(2)27-23-15)14-26-19-10-5-8-18(13-19)22(25)24-12-6-9-17-7-3-4-11-21(17)24/h3-5,7-8,10-11,13H,6,9,12,14H2,1-2H3. The van der Waals surface area contributed by atoms with Crippen molar-refractivity contribution in [3.05, 3.63) is 76.7 Å². The van der Waals surface area contributed by atoms with Gasteiger partial charge in [0, 0.05) is 17.8 Å². The highest BCUT2D eigenvalue weighted by atomic mass is 16.5. The first kappa shape index (κ1) is 17.3. The summed E-state index contributed by atoms with van der Waals surface area (Å²) in [6, 6.07) is 15.5. The highest BCUT2D eigenvalue weighted by molar-refractivity contribution is 6.07. The number of fused-ring (bicyclic) bond motifs is 1. The van der Waals surface area contributed by atoms with E-state index in [-0.39, 0.29) is 5.91 Å². The molecule has 1 aliphatic rings. The van der Waals surface area contributed by atoms with Gasteiger partial charge in [0.2, 0.25) is 0 Å². The molecular weight excluding hydrogens is 340 g/mol. The van der Waals surface area contributed by atoms with Crippen LogP contribution >= 0.6 is 0 Å². The Morgan fingerprint density at radius 1 is 1.19 bits per heavy atom. The maximum absolute atomic E-state index is 13.1. The summed E-state index contributed by atoms with van der Waals surface area (Å²) in [6.07, 6.45) is 1.99. The Morgan fingerprint density at radius 3 is 2.85 bits per heavy atom. The Hall–Kier alpha value is -3.08. The fourth-order valence-electron chi connectivity index (χ4n) is 3.48. The lowest BCUT2D eigenvalue weighted by atomic mass is 10.0. The number of nitrogens with zero attached hydrogens (tertiary/aromatic N) is 2. The number of hydrogen-bond acceptors (Lipinski definition) is 4. The van der Waals surface area contributed by atoms with Crippen molar-refractivity contribution in [2.75, 3.05) is 11.4 Å². The molecule has 0 radical (unpaired) electrons. The SMILES string of the molecule is Cc1noc(C)c1COc1cccc(C(=O)N2CCCc3ccccc32)c1. The van der Waals surface area contributed by atoms with Gasteiger partial charge in [0.25, 0.3) is 5.91 Å². The molecule has 138 valence electrons. The fourth-order valence-corrected chi connectivity index (χ4v) is 3.48. The first-order valence-corrected chi connectivity index (χ1v) is 9.18. The third kappa shape index (κ3) is 3.45. The second-order valence-electron chi connectivity index (χ2n) is 6.81. The summed E-state index contributed by atoms with van der Waals surface area (Å²) in [6.45, 7) is 4.86. The predicted molar refractivity (Wildman–Crippen MR) is 103 cm³/mol. The molecule has 0 atom stereocenters. The topological polar surface area (TPSA) is 55.6 Å². The highest BCUT2D eigenvalue weighted by Crippen LogP contribution is 2.29. The lowest BCUT2D eigenvalue weighted by Crippen LogP contribution is -2.35. The van der Waals surface area contributed by atoms with Gasteiger partial charge in [-0.1, -0.05) is 29.4 Å². The van der Waals surface area contributed by atoms with E-state index in [0.29, 0.717) is 17.9 Å². The van der Waals surface area contributed by atoms with E-state index in [1.807, 2.05) is 55.1 Å². The fraction of sp³-hybridized carbons (Fsp3) is 0.273.